The molecule has 5 nitrogen and oxygen atoms in total. The highest BCUT2D eigenvalue weighted by Gasteiger charge is 2.35. The second-order valence-corrected chi connectivity index (χ2v) is 7.78. The summed E-state index contributed by atoms with van der Waals surface area (Å²) >= 11 is 0. The molecule has 138 valence electrons. The number of rotatable bonds is 8. The van der Waals surface area contributed by atoms with Crippen molar-refractivity contribution in [3.63, 3.8) is 0 Å². The number of aryl methyl sites for hydroxylation is 1. The van der Waals surface area contributed by atoms with Crippen molar-refractivity contribution < 1.29 is 14.7 Å². The molecule has 0 aromatic heterocycles. The van der Waals surface area contributed by atoms with E-state index in [0.29, 0.717) is 25.9 Å². The third-order valence-electron chi connectivity index (χ3n) is 4.86. The van der Waals surface area contributed by atoms with E-state index < -0.39 is 0 Å². The van der Waals surface area contributed by atoms with Gasteiger partial charge in [-0.2, -0.15) is 0 Å². The second-order valence-electron chi connectivity index (χ2n) is 7.78. The van der Waals surface area contributed by atoms with E-state index in [1.165, 1.54) is 5.56 Å². The highest BCUT2D eigenvalue weighted by molar-refractivity contribution is 5.90. The number of aliphatic hydroxyl groups excluding tert-OH is 1. The van der Waals surface area contributed by atoms with Crippen molar-refractivity contribution in [2.45, 2.75) is 59.0 Å². The number of nitrogens with one attached hydrogen (secondary N) is 1. The first-order valence-electron chi connectivity index (χ1n) is 9.06. The molecule has 0 radical (unpaired) electrons. The zero-order valence-electron chi connectivity index (χ0n) is 15.5. The summed E-state index contributed by atoms with van der Waals surface area (Å²) in [6.07, 6.45) is 2.68. The molecule has 1 aromatic rings. The molecule has 1 aliphatic heterocycles. The molecule has 1 saturated heterocycles. The van der Waals surface area contributed by atoms with Crippen LogP contribution in [0, 0.1) is 12.3 Å². The van der Waals surface area contributed by atoms with Crippen LogP contribution in [0.2, 0.25) is 0 Å². The Morgan fingerprint density at radius 2 is 2.00 bits per heavy atom. The van der Waals surface area contributed by atoms with Crippen LogP contribution in [0.3, 0.4) is 0 Å². The highest BCUT2D eigenvalue weighted by atomic mass is 16.3. The lowest BCUT2D eigenvalue weighted by Gasteiger charge is -2.25. The van der Waals surface area contributed by atoms with E-state index in [1.807, 2.05) is 45.0 Å². The Labute approximate surface area is 150 Å². The lowest BCUT2D eigenvalue weighted by atomic mass is 9.89. The number of nitrogens with zero attached hydrogens (tertiary/aromatic N) is 1. The van der Waals surface area contributed by atoms with E-state index in [2.05, 4.69) is 5.32 Å². The molecule has 1 fully saturated rings. The number of carbonyl (C=O) groups excluding carboxylic acids is 2. The summed E-state index contributed by atoms with van der Waals surface area (Å²) in [5.74, 6) is -0.0260. The van der Waals surface area contributed by atoms with Gasteiger partial charge in [-0.05, 0) is 37.2 Å². The first-order chi connectivity index (χ1) is 11.8. The Hall–Kier alpha value is -1.88. The predicted octanol–water partition coefficient (Wildman–Crippen LogP) is 2.40. The second kappa shape index (κ2) is 8.48. The number of benzene rings is 1. The molecule has 1 aliphatic rings. The van der Waals surface area contributed by atoms with Gasteiger partial charge in [-0.25, -0.2) is 0 Å². The Kier molecular flexibility index (Phi) is 6.59. The summed E-state index contributed by atoms with van der Waals surface area (Å²) in [7, 11) is 0. The van der Waals surface area contributed by atoms with E-state index in [-0.39, 0.29) is 29.9 Å². The maximum Gasteiger partial charge on any atom is 0.242 e. The lowest BCUT2D eigenvalue weighted by molar-refractivity contribution is -0.135. The topological polar surface area (TPSA) is 69.6 Å². The molecule has 0 bridgehead atoms. The minimum Gasteiger partial charge on any atom is -0.396 e. The average molecular weight is 346 g/mol. The SMILES string of the molecule is Cc1ccc(CN2C(=O)CCC2C(=O)NCCCC(C)(C)CO)cc1. The Bertz CT molecular complexity index is 595. The van der Waals surface area contributed by atoms with Crippen molar-refractivity contribution in [2.75, 3.05) is 13.2 Å². The molecular formula is C20H30N2O3. The number of hydrogen-bond acceptors (Lipinski definition) is 3. The smallest absolute Gasteiger partial charge is 0.242 e. The molecule has 0 spiro atoms. The van der Waals surface area contributed by atoms with E-state index in [0.717, 1.165) is 18.4 Å². The quantitative estimate of drug-likeness (QED) is 0.710. The van der Waals surface area contributed by atoms with Crippen LogP contribution in [0.5, 0.6) is 0 Å². The molecule has 25 heavy (non-hydrogen) atoms. The van der Waals surface area contributed by atoms with Crippen LogP contribution >= 0.6 is 0 Å². The van der Waals surface area contributed by atoms with Gasteiger partial charge in [-0.3, -0.25) is 9.59 Å². The summed E-state index contributed by atoms with van der Waals surface area (Å²) in [4.78, 5) is 26.4. The van der Waals surface area contributed by atoms with E-state index in [1.54, 1.807) is 4.90 Å². The van der Waals surface area contributed by atoms with Gasteiger partial charge in [-0.1, -0.05) is 43.7 Å². The van der Waals surface area contributed by atoms with Crippen LogP contribution in [0.25, 0.3) is 0 Å². The molecule has 2 amide bonds. The lowest BCUT2D eigenvalue weighted by Crippen LogP contribution is -2.44. The van der Waals surface area contributed by atoms with Crippen molar-refractivity contribution in [2.24, 2.45) is 5.41 Å². The fraction of sp³-hybridized carbons (Fsp3) is 0.600. The van der Waals surface area contributed by atoms with Gasteiger partial charge >= 0.3 is 0 Å². The van der Waals surface area contributed by atoms with Crippen molar-refractivity contribution in [3.05, 3.63) is 35.4 Å². The molecular weight excluding hydrogens is 316 g/mol. The Morgan fingerprint density at radius 1 is 1.32 bits per heavy atom. The molecule has 1 aromatic carbocycles. The fourth-order valence-electron chi connectivity index (χ4n) is 3.07. The van der Waals surface area contributed by atoms with Crippen molar-refractivity contribution in [3.8, 4) is 0 Å². The monoisotopic (exact) mass is 346 g/mol. The third-order valence-corrected chi connectivity index (χ3v) is 4.86. The summed E-state index contributed by atoms with van der Waals surface area (Å²) in [6.45, 7) is 7.24. The molecule has 0 saturated carbocycles. The molecule has 2 rings (SSSR count). The van der Waals surface area contributed by atoms with E-state index in [9.17, 15) is 14.7 Å². The number of hydrogen-bond donors (Lipinski definition) is 2. The van der Waals surface area contributed by atoms with Gasteiger partial charge in [0.2, 0.25) is 11.8 Å². The summed E-state index contributed by atoms with van der Waals surface area (Å²) in [6, 6.07) is 7.68. The zero-order valence-corrected chi connectivity index (χ0v) is 15.5. The minimum absolute atomic E-state index is 0.0436. The Balaban J connectivity index is 1.87. The Morgan fingerprint density at radius 3 is 2.64 bits per heavy atom. The zero-order chi connectivity index (χ0) is 18.4. The number of likely N-dealkylation sites (tertiary alicyclic amines) is 1. The third kappa shape index (κ3) is 5.56. The highest BCUT2D eigenvalue weighted by Crippen LogP contribution is 2.23. The van der Waals surface area contributed by atoms with Gasteiger partial charge in [0.25, 0.3) is 0 Å². The van der Waals surface area contributed by atoms with Crippen molar-refractivity contribution >= 4 is 11.8 Å². The van der Waals surface area contributed by atoms with Crippen LogP contribution in [0.15, 0.2) is 24.3 Å². The van der Waals surface area contributed by atoms with Gasteiger partial charge in [0.15, 0.2) is 0 Å². The predicted molar refractivity (Wildman–Crippen MR) is 97.9 cm³/mol. The molecule has 0 aliphatic carbocycles. The van der Waals surface area contributed by atoms with Gasteiger partial charge in [0.05, 0.1) is 0 Å². The van der Waals surface area contributed by atoms with Crippen molar-refractivity contribution in [1.82, 2.24) is 10.2 Å². The summed E-state index contributed by atoms with van der Waals surface area (Å²) < 4.78 is 0. The first-order valence-corrected chi connectivity index (χ1v) is 9.06. The van der Waals surface area contributed by atoms with Gasteiger partial charge in [-0.15, -0.1) is 0 Å². The largest absolute Gasteiger partial charge is 0.396 e. The van der Waals surface area contributed by atoms with Gasteiger partial charge < -0.3 is 15.3 Å². The van der Waals surface area contributed by atoms with E-state index >= 15 is 0 Å². The summed E-state index contributed by atoms with van der Waals surface area (Å²) in [5, 5.41) is 12.2. The van der Waals surface area contributed by atoms with E-state index in [4.69, 9.17) is 0 Å². The van der Waals surface area contributed by atoms with Crippen LogP contribution < -0.4 is 5.32 Å². The number of aliphatic hydroxyl groups is 1. The van der Waals surface area contributed by atoms with Gasteiger partial charge in [0.1, 0.15) is 6.04 Å². The molecule has 2 N–H and O–H groups in total. The molecule has 1 atom stereocenters. The van der Waals surface area contributed by atoms with Crippen LogP contribution in [0.4, 0.5) is 0 Å². The van der Waals surface area contributed by atoms with Crippen molar-refractivity contribution in [1.29, 1.82) is 0 Å². The molecule has 1 unspecified atom stereocenters. The minimum atomic E-state index is -0.375. The number of carbonyl (C=O) groups is 2. The molecule has 1 heterocycles. The van der Waals surface area contributed by atoms with Crippen LogP contribution in [0.1, 0.15) is 50.7 Å². The summed E-state index contributed by atoms with van der Waals surface area (Å²) in [5.41, 5.74) is 2.10. The fourth-order valence-corrected chi connectivity index (χ4v) is 3.07. The molecule has 5 heteroatoms. The van der Waals surface area contributed by atoms with Crippen LogP contribution in [-0.4, -0.2) is 41.0 Å². The first kappa shape index (κ1) is 19.4. The van der Waals surface area contributed by atoms with Gasteiger partial charge in [0, 0.05) is 26.1 Å². The maximum atomic E-state index is 12.5. The number of amides is 2. The maximum absolute atomic E-state index is 12.5. The van der Waals surface area contributed by atoms with Crippen LogP contribution in [-0.2, 0) is 16.1 Å². The average Bonchev–Trinajstić information content (AvgIpc) is 2.94. The normalized spacial score (nSPS) is 17.8. The standard InChI is InChI=1S/C20H30N2O3/c1-15-5-7-16(8-6-15)13-22-17(9-10-18(22)24)19(25)21-12-4-11-20(2,3)14-23/h5-8,17,23H,4,9-14H2,1-3H3,(H,21,25).